The molecule has 254 valence electrons. The van der Waals surface area contributed by atoms with Gasteiger partial charge in [-0.25, -0.2) is 0 Å². The normalized spacial score (nSPS) is 14.7. The Morgan fingerprint density at radius 3 is 1.69 bits per heavy atom. The van der Waals surface area contributed by atoms with Crippen molar-refractivity contribution in [2.45, 2.75) is 0 Å². The van der Waals surface area contributed by atoms with Crippen LogP contribution in [0.4, 0.5) is 17.1 Å². The van der Waals surface area contributed by atoms with Crippen LogP contribution in [0.2, 0.25) is 0 Å². The summed E-state index contributed by atoms with van der Waals surface area (Å²) >= 11 is 0. The Kier molecular flexibility index (Phi) is 5.17. The highest BCUT2D eigenvalue weighted by molar-refractivity contribution is 6.17. The van der Waals surface area contributed by atoms with E-state index in [-0.39, 0.29) is 5.69 Å². The van der Waals surface area contributed by atoms with Crippen LogP contribution < -0.4 is 4.90 Å². The average molecular weight is 703 g/mol. The lowest BCUT2D eigenvalue weighted by molar-refractivity contribution is 0.674. The van der Waals surface area contributed by atoms with E-state index < -0.39 is 101 Å². The topological polar surface area (TPSA) is 16.4 Å². The lowest BCUT2D eigenvalue weighted by atomic mass is 9.98. The molecule has 1 aromatic heterocycles. The van der Waals surface area contributed by atoms with Gasteiger partial charge in [0.2, 0.25) is 0 Å². The molecule has 0 aliphatic heterocycles. The zero-order chi connectivity index (χ0) is 47.2. The zero-order valence-electron chi connectivity index (χ0n) is 41.6. The summed E-state index contributed by atoms with van der Waals surface area (Å²) in [7, 11) is 0. The number of para-hydroxylation sites is 2. The number of rotatable bonds is 7. The predicted molar refractivity (Wildman–Crippen MR) is 228 cm³/mol. The van der Waals surface area contributed by atoms with Gasteiger partial charge >= 0.3 is 0 Å². The molecule has 0 unspecified atom stereocenters. The second kappa shape index (κ2) is 13.4. The molecule has 9 aromatic carbocycles. The van der Waals surface area contributed by atoms with Gasteiger partial charge in [0.25, 0.3) is 0 Å². The highest BCUT2D eigenvalue weighted by Crippen LogP contribution is 2.45. The fraction of sp³-hybridized carbons (Fsp3) is 0. The van der Waals surface area contributed by atoms with Crippen molar-refractivity contribution in [2.24, 2.45) is 0 Å². The highest BCUT2D eigenvalue weighted by Gasteiger charge is 2.21. The molecule has 0 fully saturated rings. The van der Waals surface area contributed by atoms with E-state index in [1.165, 1.54) is 0 Å². The quantitative estimate of drug-likeness (QED) is 0.164. The van der Waals surface area contributed by atoms with Crippen molar-refractivity contribution < 1.29 is 22.2 Å². The van der Waals surface area contributed by atoms with Crippen molar-refractivity contribution in [1.82, 2.24) is 0 Å². The Bertz CT molecular complexity index is 3600. The third-order valence-corrected chi connectivity index (χ3v) is 9.52. The van der Waals surface area contributed by atoms with Crippen LogP contribution in [0.1, 0.15) is 17.8 Å². The largest absolute Gasteiger partial charge is 0.455 e. The van der Waals surface area contributed by atoms with Gasteiger partial charge in [-0.3, -0.25) is 0 Å². The second-order valence-corrected chi connectivity index (χ2v) is 12.7. The molecule has 0 aliphatic rings. The molecule has 10 rings (SSSR count). The molecular formula is C52H35NO. The summed E-state index contributed by atoms with van der Waals surface area (Å²) in [4.78, 5) is 1.64. The minimum Gasteiger partial charge on any atom is -0.455 e. The van der Waals surface area contributed by atoms with E-state index in [0.717, 1.165) is 38.3 Å². The van der Waals surface area contributed by atoms with Crippen molar-refractivity contribution >= 4 is 49.8 Å². The maximum absolute atomic E-state index is 9.66. The van der Waals surface area contributed by atoms with E-state index in [9.17, 15) is 5.48 Å². The molecule has 54 heavy (non-hydrogen) atoms. The number of furan rings is 1. The summed E-state index contributed by atoms with van der Waals surface area (Å²) in [5, 5.41) is 3.76. The van der Waals surface area contributed by atoms with E-state index >= 15 is 0 Å². The molecule has 0 spiro atoms. The van der Waals surface area contributed by atoms with Gasteiger partial charge in [0.1, 0.15) is 11.2 Å². The van der Waals surface area contributed by atoms with Crippen LogP contribution in [0.5, 0.6) is 0 Å². The fourth-order valence-electron chi connectivity index (χ4n) is 6.94. The molecule has 0 N–H and O–H groups in total. The number of benzene rings is 9. The number of fused-ring (bicyclic) bond motifs is 5. The van der Waals surface area contributed by atoms with Crippen molar-refractivity contribution in [3.63, 3.8) is 0 Å². The third kappa shape index (κ3) is 5.62. The van der Waals surface area contributed by atoms with Crippen molar-refractivity contribution in [3.05, 3.63) is 212 Å². The molecular weight excluding hydrogens is 655 g/mol. The molecule has 0 saturated heterocycles. The van der Waals surface area contributed by atoms with Gasteiger partial charge in [0.05, 0.1) is 23.5 Å². The van der Waals surface area contributed by atoms with Crippen LogP contribution in [0.3, 0.4) is 0 Å². The Balaban J connectivity index is 1.21. The van der Waals surface area contributed by atoms with Crippen LogP contribution in [-0.4, -0.2) is 0 Å². The molecule has 10 aromatic rings. The number of anilines is 3. The van der Waals surface area contributed by atoms with E-state index in [2.05, 4.69) is 6.07 Å². The lowest BCUT2D eigenvalue weighted by Crippen LogP contribution is -2.11. The minimum absolute atomic E-state index is 0.160. The summed E-state index contributed by atoms with van der Waals surface area (Å²) < 4.78 is 123. The van der Waals surface area contributed by atoms with Crippen LogP contribution >= 0.6 is 0 Å². The maximum atomic E-state index is 9.66. The van der Waals surface area contributed by atoms with Gasteiger partial charge in [0.15, 0.2) is 0 Å². The van der Waals surface area contributed by atoms with E-state index in [4.69, 9.17) is 16.8 Å². The van der Waals surface area contributed by atoms with Crippen molar-refractivity contribution in [2.75, 3.05) is 4.90 Å². The first-order chi connectivity index (χ1) is 32.2. The van der Waals surface area contributed by atoms with Gasteiger partial charge in [-0.05, 0) is 75.1 Å². The standard InChI is InChI=1S/C52H35NO/c1-3-12-36(13-4-1)38-22-24-39(25-23-38)41-28-33-44(34-29-41)53(43-31-26-40(27-32-43)37-14-5-2-6-15-37)50-21-10-9-18-46(50)47-19-11-20-48-49-35-30-42-16-7-8-17-45(42)51(49)54-52(47)48/h1-35H/i1D,3D,4D,12D,13D,22D,23D,24D,25D,28D,29D,33D,34D. The van der Waals surface area contributed by atoms with Gasteiger partial charge in [-0.2, -0.15) is 0 Å². The van der Waals surface area contributed by atoms with E-state index in [1.807, 2.05) is 127 Å². The first-order valence-electron chi connectivity index (χ1n) is 23.9. The molecule has 0 atom stereocenters. The first kappa shape index (κ1) is 20.8. The predicted octanol–water partition coefficient (Wildman–Crippen LogP) is 14.9. The number of hydrogen-bond acceptors (Lipinski definition) is 2. The Hall–Kier alpha value is -7.16. The van der Waals surface area contributed by atoms with Gasteiger partial charge in [-0.1, -0.05) is 176 Å². The van der Waals surface area contributed by atoms with Crippen molar-refractivity contribution in [1.29, 1.82) is 0 Å². The van der Waals surface area contributed by atoms with E-state index in [0.29, 0.717) is 28.1 Å². The van der Waals surface area contributed by atoms with Crippen LogP contribution in [0.25, 0.3) is 77.2 Å². The fourth-order valence-corrected chi connectivity index (χ4v) is 6.94. The number of hydrogen-bond donors (Lipinski definition) is 0. The maximum Gasteiger partial charge on any atom is 0.143 e. The van der Waals surface area contributed by atoms with Gasteiger partial charge < -0.3 is 9.32 Å². The SMILES string of the molecule is [2H]c1c([2H])c([2H])c(-c2c([2H])c([2H])c(-c3c([2H])c([2H])c(N(c4ccc(-c5ccccc5)cc4)c4ccccc4-c4cccc5c4oc4c6ccccc6ccc54)c([2H])c3[2H])c([2H])c2[2H])c([2H])c1[2H]. The molecule has 1 heterocycles. The van der Waals surface area contributed by atoms with Crippen molar-refractivity contribution in [3.8, 4) is 44.5 Å². The first-order valence-corrected chi connectivity index (χ1v) is 17.4. The van der Waals surface area contributed by atoms with Crippen LogP contribution in [0.15, 0.2) is 216 Å². The van der Waals surface area contributed by atoms with Crippen LogP contribution in [0, 0.1) is 0 Å². The Morgan fingerprint density at radius 2 is 0.926 bits per heavy atom. The third-order valence-electron chi connectivity index (χ3n) is 9.52. The monoisotopic (exact) mass is 702 g/mol. The molecule has 0 saturated carbocycles. The summed E-state index contributed by atoms with van der Waals surface area (Å²) in [6, 6.07) is 33.4. The molecule has 2 nitrogen and oxygen atoms in total. The average Bonchev–Trinajstić information content (AvgIpc) is 3.75. The second-order valence-electron chi connectivity index (χ2n) is 12.7. The summed E-state index contributed by atoms with van der Waals surface area (Å²) in [6.07, 6.45) is 0. The van der Waals surface area contributed by atoms with Crippen LogP contribution in [-0.2, 0) is 0 Å². The van der Waals surface area contributed by atoms with Gasteiger partial charge in [-0.15, -0.1) is 0 Å². The summed E-state index contributed by atoms with van der Waals surface area (Å²) in [6.45, 7) is 0. The minimum atomic E-state index is -0.780. The number of nitrogens with zero attached hydrogens (tertiary/aromatic N) is 1. The molecule has 0 amide bonds. The summed E-state index contributed by atoms with van der Waals surface area (Å²) in [5.41, 5.74) is 3.17. The Labute approximate surface area is 333 Å². The van der Waals surface area contributed by atoms with E-state index in [1.54, 1.807) is 4.90 Å². The lowest BCUT2D eigenvalue weighted by Gasteiger charge is -2.28. The smallest absolute Gasteiger partial charge is 0.143 e. The highest BCUT2D eigenvalue weighted by atomic mass is 16.3. The van der Waals surface area contributed by atoms with Gasteiger partial charge in [0, 0.05) is 38.7 Å². The molecule has 0 bridgehead atoms. The Morgan fingerprint density at radius 1 is 0.352 bits per heavy atom. The zero-order valence-corrected chi connectivity index (χ0v) is 28.6. The molecule has 0 aliphatic carbocycles. The summed E-state index contributed by atoms with van der Waals surface area (Å²) in [5.74, 6) is 0. The molecule has 2 heteroatoms. The molecule has 0 radical (unpaired) electrons.